The van der Waals surface area contributed by atoms with E-state index in [4.69, 9.17) is 9.47 Å². The zero-order valence-corrected chi connectivity index (χ0v) is 16.5. The number of rotatable bonds is 8. The van der Waals surface area contributed by atoms with Gasteiger partial charge in [-0.1, -0.05) is 61.7 Å². The summed E-state index contributed by atoms with van der Waals surface area (Å²) in [5.41, 5.74) is 3.78. The number of carbonyl (C=O) groups excluding carboxylic acids is 1. The Morgan fingerprint density at radius 1 is 0.750 bits per heavy atom. The van der Waals surface area contributed by atoms with Crippen molar-refractivity contribution in [1.29, 1.82) is 0 Å². The van der Waals surface area contributed by atoms with Gasteiger partial charge in [0.1, 0.15) is 11.5 Å². The topological polar surface area (TPSA) is 35.5 Å². The van der Waals surface area contributed by atoms with Crippen molar-refractivity contribution < 1.29 is 14.3 Å². The molecule has 0 N–H and O–H groups in total. The second kappa shape index (κ2) is 9.75. The van der Waals surface area contributed by atoms with Gasteiger partial charge in [0.15, 0.2) is 0 Å². The Labute approximate surface area is 166 Å². The van der Waals surface area contributed by atoms with E-state index in [2.05, 4.69) is 6.92 Å². The molecular weight excluding hydrogens is 348 g/mol. The largest absolute Gasteiger partial charge is 0.494 e. The molecule has 0 spiro atoms. The maximum atomic E-state index is 12.3. The fraction of sp³-hybridized carbons (Fsp3) is 0.240. The Kier molecular flexibility index (Phi) is 6.85. The summed E-state index contributed by atoms with van der Waals surface area (Å²) in [6.07, 6.45) is 3.46. The number of aryl methyl sites for hydroxylation is 1. The number of esters is 1. The first kappa shape index (κ1) is 19.7. The van der Waals surface area contributed by atoms with Crippen LogP contribution in [0.5, 0.6) is 11.5 Å². The lowest BCUT2D eigenvalue weighted by Crippen LogP contribution is -2.08. The highest BCUT2D eigenvalue weighted by Crippen LogP contribution is 2.23. The van der Waals surface area contributed by atoms with Gasteiger partial charge in [-0.3, -0.25) is 0 Å². The third kappa shape index (κ3) is 5.46. The molecule has 0 aliphatic carbocycles. The average molecular weight is 374 g/mol. The summed E-state index contributed by atoms with van der Waals surface area (Å²) >= 11 is 0. The monoisotopic (exact) mass is 374 g/mol. The number of hydrogen-bond acceptors (Lipinski definition) is 3. The van der Waals surface area contributed by atoms with Gasteiger partial charge in [-0.15, -0.1) is 0 Å². The standard InChI is InChI=1S/C25H26O3/c1-3-4-5-18-27-23-16-12-21(13-17-23)20-8-10-22(11-9-20)25(26)28-24-14-6-19(2)7-15-24/h6-17H,3-5,18H2,1-2H3. The number of ether oxygens (including phenoxy) is 2. The highest BCUT2D eigenvalue weighted by atomic mass is 16.5. The Morgan fingerprint density at radius 2 is 1.32 bits per heavy atom. The van der Waals surface area contributed by atoms with Crippen molar-refractivity contribution >= 4 is 5.97 Å². The number of benzene rings is 3. The predicted molar refractivity (Wildman–Crippen MR) is 113 cm³/mol. The summed E-state index contributed by atoms with van der Waals surface area (Å²) in [6.45, 7) is 4.93. The highest BCUT2D eigenvalue weighted by Gasteiger charge is 2.09. The molecule has 0 bridgehead atoms. The first-order chi connectivity index (χ1) is 13.7. The normalized spacial score (nSPS) is 10.5. The van der Waals surface area contributed by atoms with Crippen LogP contribution in [0.25, 0.3) is 11.1 Å². The highest BCUT2D eigenvalue weighted by molar-refractivity contribution is 5.91. The van der Waals surface area contributed by atoms with E-state index in [-0.39, 0.29) is 5.97 Å². The molecule has 0 aliphatic rings. The molecule has 0 heterocycles. The smallest absolute Gasteiger partial charge is 0.343 e. The Balaban J connectivity index is 1.60. The second-order valence-electron chi connectivity index (χ2n) is 6.86. The third-order valence-electron chi connectivity index (χ3n) is 4.56. The molecule has 0 aromatic heterocycles. The molecule has 0 aliphatic heterocycles. The van der Waals surface area contributed by atoms with Crippen LogP contribution in [0.15, 0.2) is 72.8 Å². The van der Waals surface area contributed by atoms with Gasteiger partial charge in [-0.05, 0) is 60.9 Å². The quantitative estimate of drug-likeness (QED) is 0.258. The molecule has 3 aromatic carbocycles. The lowest BCUT2D eigenvalue weighted by atomic mass is 10.0. The minimum Gasteiger partial charge on any atom is -0.494 e. The Bertz CT molecular complexity index is 879. The first-order valence-corrected chi connectivity index (χ1v) is 9.78. The maximum Gasteiger partial charge on any atom is 0.343 e. The molecule has 3 heteroatoms. The maximum absolute atomic E-state index is 12.3. The van der Waals surface area contributed by atoms with Crippen molar-refractivity contribution in [2.45, 2.75) is 33.1 Å². The number of hydrogen-bond donors (Lipinski definition) is 0. The molecule has 144 valence electrons. The summed E-state index contributed by atoms with van der Waals surface area (Å²) < 4.78 is 11.2. The molecular formula is C25H26O3. The zero-order valence-electron chi connectivity index (χ0n) is 16.5. The van der Waals surface area contributed by atoms with Crippen LogP contribution in [0.4, 0.5) is 0 Å². The van der Waals surface area contributed by atoms with E-state index in [0.717, 1.165) is 35.5 Å². The van der Waals surface area contributed by atoms with Crippen LogP contribution in [0, 0.1) is 6.92 Å². The lowest BCUT2D eigenvalue weighted by Gasteiger charge is -2.08. The van der Waals surface area contributed by atoms with E-state index in [1.165, 1.54) is 12.8 Å². The fourth-order valence-electron chi connectivity index (χ4n) is 2.86. The Morgan fingerprint density at radius 3 is 1.93 bits per heavy atom. The minimum absolute atomic E-state index is 0.355. The molecule has 0 saturated heterocycles. The lowest BCUT2D eigenvalue weighted by molar-refractivity contribution is 0.0735. The van der Waals surface area contributed by atoms with Crippen LogP contribution < -0.4 is 9.47 Å². The zero-order chi connectivity index (χ0) is 19.8. The van der Waals surface area contributed by atoms with Crippen molar-refractivity contribution in [2.75, 3.05) is 6.61 Å². The first-order valence-electron chi connectivity index (χ1n) is 9.78. The Hall–Kier alpha value is -3.07. The summed E-state index contributed by atoms with van der Waals surface area (Å²) in [5, 5.41) is 0. The van der Waals surface area contributed by atoms with Gasteiger partial charge in [0.05, 0.1) is 12.2 Å². The summed E-state index contributed by atoms with van der Waals surface area (Å²) in [5.74, 6) is 1.08. The average Bonchev–Trinajstić information content (AvgIpc) is 2.73. The van der Waals surface area contributed by atoms with Crippen molar-refractivity contribution in [3.63, 3.8) is 0 Å². The van der Waals surface area contributed by atoms with E-state index >= 15 is 0 Å². The van der Waals surface area contributed by atoms with Gasteiger partial charge in [-0.2, -0.15) is 0 Å². The van der Waals surface area contributed by atoms with Crippen molar-refractivity contribution in [1.82, 2.24) is 0 Å². The molecule has 3 aromatic rings. The molecule has 0 unspecified atom stereocenters. The SMILES string of the molecule is CCCCCOc1ccc(-c2ccc(C(=O)Oc3ccc(C)cc3)cc2)cc1. The van der Waals surface area contributed by atoms with E-state index < -0.39 is 0 Å². The fourth-order valence-corrected chi connectivity index (χ4v) is 2.86. The number of carbonyl (C=O) groups is 1. The molecule has 0 fully saturated rings. The molecule has 3 rings (SSSR count). The van der Waals surface area contributed by atoms with Gasteiger partial charge in [0.25, 0.3) is 0 Å². The van der Waals surface area contributed by atoms with Crippen LogP contribution >= 0.6 is 0 Å². The van der Waals surface area contributed by atoms with Gasteiger partial charge < -0.3 is 9.47 Å². The van der Waals surface area contributed by atoms with Gasteiger partial charge >= 0.3 is 5.97 Å². The van der Waals surface area contributed by atoms with E-state index in [9.17, 15) is 4.79 Å². The van der Waals surface area contributed by atoms with Crippen molar-refractivity contribution in [2.24, 2.45) is 0 Å². The van der Waals surface area contributed by atoms with Gasteiger partial charge in [0.2, 0.25) is 0 Å². The van der Waals surface area contributed by atoms with Gasteiger partial charge in [0, 0.05) is 0 Å². The van der Waals surface area contributed by atoms with Crippen LogP contribution in [0.1, 0.15) is 42.1 Å². The molecule has 0 radical (unpaired) electrons. The van der Waals surface area contributed by atoms with Crippen molar-refractivity contribution in [3.05, 3.63) is 83.9 Å². The van der Waals surface area contributed by atoms with Crippen LogP contribution in [-0.4, -0.2) is 12.6 Å². The third-order valence-corrected chi connectivity index (χ3v) is 4.56. The van der Waals surface area contributed by atoms with Crippen LogP contribution in [0.2, 0.25) is 0 Å². The molecule has 0 amide bonds. The summed E-state index contributed by atoms with van der Waals surface area (Å²) in [7, 11) is 0. The summed E-state index contributed by atoms with van der Waals surface area (Å²) in [6, 6.07) is 22.9. The molecule has 28 heavy (non-hydrogen) atoms. The molecule has 0 saturated carbocycles. The summed E-state index contributed by atoms with van der Waals surface area (Å²) in [4.78, 5) is 12.3. The van der Waals surface area contributed by atoms with E-state index in [0.29, 0.717) is 11.3 Å². The molecule has 0 atom stereocenters. The predicted octanol–water partition coefficient (Wildman–Crippen LogP) is 6.45. The minimum atomic E-state index is -0.355. The van der Waals surface area contributed by atoms with Gasteiger partial charge in [-0.25, -0.2) is 4.79 Å². The van der Waals surface area contributed by atoms with Crippen LogP contribution in [0.3, 0.4) is 0 Å². The van der Waals surface area contributed by atoms with E-state index in [1.54, 1.807) is 24.3 Å². The van der Waals surface area contributed by atoms with Crippen molar-refractivity contribution in [3.8, 4) is 22.6 Å². The number of unbranched alkanes of at least 4 members (excludes halogenated alkanes) is 2. The van der Waals surface area contributed by atoms with E-state index in [1.807, 2.05) is 55.5 Å². The molecule has 3 nitrogen and oxygen atoms in total. The van der Waals surface area contributed by atoms with Crippen LogP contribution in [-0.2, 0) is 0 Å². The second-order valence-corrected chi connectivity index (χ2v) is 6.86.